The number of halogens is 3. The molecule has 1 fully saturated rings. The summed E-state index contributed by atoms with van der Waals surface area (Å²) >= 11 is 0. The summed E-state index contributed by atoms with van der Waals surface area (Å²) in [6.45, 7) is 0.662. The van der Waals surface area contributed by atoms with Gasteiger partial charge in [-0.2, -0.15) is 13.2 Å². The number of pyridine rings is 2. The molecule has 1 unspecified atom stereocenters. The van der Waals surface area contributed by atoms with Crippen molar-refractivity contribution in [3.8, 4) is 5.88 Å². The van der Waals surface area contributed by atoms with Gasteiger partial charge >= 0.3 is 6.18 Å². The van der Waals surface area contributed by atoms with Gasteiger partial charge in [-0.15, -0.1) is 0 Å². The zero-order chi connectivity index (χ0) is 27.9. The molecule has 2 aliphatic heterocycles. The lowest BCUT2D eigenvalue weighted by molar-refractivity contribution is -0.190. The Bertz CT molecular complexity index is 1480. The molecule has 1 amide bonds. The van der Waals surface area contributed by atoms with Crippen molar-refractivity contribution in [2.24, 2.45) is 5.92 Å². The highest BCUT2D eigenvalue weighted by atomic mass is 32.2. The monoisotopic (exact) mass is 562 g/mol. The number of aryl methyl sites for hydroxylation is 1. The van der Waals surface area contributed by atoms with Gasteiger partial charge < -0.3 is 14.5 Å². The maximum absolute atomic E-state index is 14.2. The highest BCUT2D eigenvalue weighted by molar-refractivity contribution is 7.91. The van der Waals surface area contributed by atoms with E-state index in [9.17, 15) is 26.4 Å². The Balaban J connectivity index is 1.42. The molecule has 0 radical (unpaired) electrons. The van der Waals surface area contributed by atoms with Crippen LogP contribution in [-0.4, -0.2) is 67.6 Å². The van der Waals surface area contributed by atoms with Crippen LogP contribution >= 0.6 is 0 Å². The number of sulfone groups is 1. The molecular weight excluding hydrogens is 533 g/mol. The molecule has 1 saturated heterocycles. The van der Waals surface area contributed by atoms with Crippen molar-refractivity contribution in [2.75, 3.05) is 37.1 Å². The molecule has 2 aromatic heterocycles. The van der Waals surface area contributed by atoms with E-state index in [1.54, 1.807) is 31.5 Å². The summed E-state index contributed by atoms with van der Waals surface area (Å²) in [6.07, 6.45) is -1.27. The van der Waals surface area contributed by atoms with Gasteiger partial charge in [0.15, 0.2) is 6.04 Å². The Morgan fingerprint density at radius 1 is 1.13 bits per heavy atom. The van der Waals surface area contributed by atoms with Crippen molar-refractivity contribution in [2.45, 2.75) is 37.9 Å². The van der Waals surface area contributed by atoms with Gasteiger partial charge in [-0.25, -0.2) is 13.4 Å². The van der Waals surface area contributed by atoms with Crippen molar-refractivity contribution in [1.29, 1.82) is 0 Å². The predicted molar refractivity (Wildman–Crippen MR) is 141 cm³/mol. The zero-order valence-corrected chi connectivity index (χ0v) is 22.4. The van der Waals surface area contributed by atoms with Crippen LogP contribution in [0, 0.1) is 5.92 Å². The SMILES string of the molecule is COc1ccc2ncc3c(c2n1)CCCN3c1ccc(C(N(C)C(=O)C2CCS(=O)(=O)CC2)C(F)(F)F)cc1. The van der Waals surface area contributed by atoms with Gasteiger partial charge in [0, 0.05) is 36.8 Å². The van der Waals surface area contributed by atoms with Crippen molar-refractivity contribution >= 4 is 38.2 Å². The normalized spacial score (nSPS) is 18.4. The molecule has 0 spiro atoms. The Morgan fingerprint density at radius 2 is 1.82 bits per heavy atom. The van der Waals surface area contributed by atoms with Gasteiger partial charge in [0.05, 0.1) is 41.5 Å². The van der Waals surface area contributed by atoms with Crippen LogP contribution < -0.4 is 9.64 Å². The van der Waals surface area contributed by atoms with Gasteiger partial charge in [-0.1, -0.05) is 12.1 Å². The van der Waals surface area contributed by atoms with E-state index in [1.165, 1.54) is 12.1 Å². The molecule has 5 rings (SSSR count). The van der Waals surface area contributed by atoms with Crippen LogP contribution in [0.2, 0.25) is 0 Å². The van der Waals surface area contributed by atoms with E-state index in [1.807, 2.05) is 11.0 Å². The molecule has 0 bridgehead atoms. The third-order valence-corrected chi connectivity index (χ3v) is 9.26. The second-order valence-corrected chi connectivity index (χ2v) is 12.3. The number of carbonyl (C=O) groups is 1. The number of nitrogens with zero attached hydrogens (tertiary/aromatic N) is 4. The fraction of sp³-hybridized carbons (Fsp3) is 0.444. The maximum atomic E-state index is 14.2. The third-order valence-electron chi connectivity index (χ3n) is 7.55. The number of rotatable bonds is 5. The van der Waals surface area contributed by atoms with E-state index >= 15 is 0 Å². The topological polar surface area (TPSA) is 92.7 Å². The molecule has 0 saturated carbocycles. The second kappa shape index (κ2) is 10.3. The molecule has 2 aliphatic rings. The Morgan fingerprint density at radius 3 is 2.46 bits per heavy atom. The standard InChI is InChI=1S/C27H29F3N4O4S/c1-33(26(35)18-11-14-39(36,37)15-12-18)25(27(28,29)30)17-5-7-19(8-6-17)34-13-3-4-20-22(34)16-31-21-9-10-23(38-2)32-24(20)21/h5-10,16,18,25H,3-4,11-15H2,1-2H3. The number of anilines is 2. The summed E-state index contributed by atoms with van der Waals surface area (Å²) in [4.78, 5) is 24.8. The number of alkyl halides is 3. The van der Waals surface area contributed by atoms with Crippen LogP contribution in [0.25, 0.3) is 11.0 Å². The second-order valence-electron chi connectivity index (χ2n) is 10.0. The molecule has 39 heavy (non-hydrogen) atoms. The summed E-state index contributed by atoms with van der Waals surface area (Å²) < 4.78 is 71.4. The van der Waals surface area contributed by atoms with Crippen molar-refractivity contribution in [3.63, 3.8) is 0 Å². The highest BCUT2D eigenvalue weighted by Crippen LogP contribution is 2.41. The first kappa shape index (κ1) is 27.2. The number of carbonyl (C=O) groups excluding carboxylic acids is 1. The summed E-state index contributed by atoms with van der Waals surface area (Å²) in [6, 6.07) is 7.48. The lowest BCUT2D eigenvalue weighted by atomic mass is 9.97. The number of fused-ring (bicyclic) bond motifs is 3. The van der Waals surface area contributed by atoms with Crippen molar-refractivity contribution in [1.82, 2.24) is 14.9 Å². The largest absolute Gasteiger partial charge is 0.481 e. The molecule has 0 aliphatic carbocycles. The number of ether oxygens (including phenoxy) is 1. The van der Waals surface area contributed by atoms with Crippen molar-refractivity contribution < 1.29 is 31.1 Å². The summed E-state index contributed by atoms with van der Waals surface area (Å²) in [5.74, 6) is -1.34. The first-order valence-corrected chi connectivity index (χ1v) is 14.5. The molecule has 0 N–H and O–H groups in total. The minimum Gasteiger partial charge on any atom is -0.481 e. The van der Waals surface area contributed by atoms with E-state index in [2.05, 4.69) is 9.97 Å². The first-order valence-electron chi connectivity index (χ1n) is 12.7. The molecule has 1 aromatic carbocycles. The summed E-state index contributed by atoms with van der Waals surface area (Å²) in [5, 5.41) is 0. The number of aromatic nitrogens is 2. The average Bonchev–Trinajstić information content (AvgIpc) is 2.91. The molecular formula is C27H29F3N4O4S. The van der Waals surface area contributed by atoms with Crippen LogP contribution in [0.1, 0.15) is 36.4 Å². The predicted octanol–water partition coefficient (Wildman–Crippen LogP) is 4.61. The fourth-order valence-electron chi connectivity index (χ4n) is 5.51. The van der Waals surface area contributed by atoms with Crippen LogP contribution in [0.3, 0.4) is 0 Å². The molecule has 8 nitrogen and oxygen atoms in total. The molecule has 208 valence electrons. The highest BCUT2D eigenvalue weighted by Gasteiger charge is 2.46. The minimum absolute atomic E-state index is 0.0346. The van der Waals surface area contributed by atoms with Crippen LogP contribution in [0.15, 0.2) is 42.6 Å². The molecule has 12 heteroatoms. The number of amides is 1. The van der Waals surface area contributed by atoms with E-state index in [-0.39, 0.29) is 29.9 Å². The van der Waals surface area contributed by atoms with E-state index in [0.717, 1.165) is 42.2 Å². The Labute approximate surface area is 224 Å². The number of hydrogen-bond acceptors (Lipinski definition) is 7. The average molecular weight is 563 g/mol. The first-order chi connectivity index (χ1) is 18.5. The smallest absolute Gasteiger partial charge is 0.413 e. The van der Waals surface area contributed by atoms with E-state index < -0.39 is 33.9 Å². The van der Waals surface area contributed by atoms with Gasteiger partial charge in [0.1, 0.15) is 9.84 Å². The lowest BCUT2D eigenvalue weighted by Gasteiger charge is -2.34. The molecule has 1 atom stereocenters. The summed E-state index contributed by atoms with van der Waals surface area (Å²) in [5.41, 5.74) is 3.96. The minimum atomic E-state index is -4.71. The number of hydrogen-bond donors (Lipinski definition) is 0. The zero-order valence-electron chi connectivity index (χ0n) is 21.6. The van der Waals surface area contributed by atoms with Crippen LogP contribution in [0.5, 0.6) is 5.88 Å². The fourth-order valence-corrected chi connectivity index (χ4v) is 7.00. The quantitative estimate of drug-likeness (QED) is 0.449. The van der Waals surface area contributed by atoms with Crippen LogP contribution in [-0.2, 0) is 21.1 Å². The van der Waals surface area contributed by atoms with Gasteiger partial charge in [0.25, 0.3) is 0 Å². The van der Waals surface area contributed by atoms with E-state index in [4.69, 9.17) is 4.74 Å². The Hall–Kier alpha value is -3.41. The van der Waals surface area contributed by atoms with Crippen LogP contribution in [0.4, 0.5) is 24.5 Å². The van der Waals surface area contributed by atoms with Gasteiger partial charge in [0.2, 0.25) is 11.8 Å². The van der Waals surface area contributed by atoms with Gasteiger partial charge in [-0.3, -0.25) is 9.78 Å². The summed E-state index contributed by atoms with van der Waals surface area (Å²) in [7, 11) is -0.560. The Kier molecular flexibility index (Phi) is 7.17. The number of benzene rings is 1. The van der Waals surface area contributed by atoms with Crippen molar-refractivity contribution in [3.05, 3.63) is 53.7 Å². The molecule has 4 heterocycles. The van der Waals surface area contributed by atoms with E-state index in [0.29, 0.717) is 23.0 Å². The molecule has 3 aromatic rings. The third kappa shape index (κ3) is 5.39. The lowest BCUT2D eigenvalue weighted by Crippen LogP contribution is -2.44. The number of methoxy groups -OCH3 is 1. The maximum Gasteiger partial charge on any atom is 0.413 e. The van der Waals surface area contributed by atoms with Gasteiger partial charge in [-0.05, 0) is 49.4 Å².